The van der Waals surface area contributed by atoms with Crippen LogP contribution >= 0.6 is 0 Å². The van der Waals surface area contributed by atoms with Gasteiger partial charge in [0.25, 0.3) is 11.7 Å². The molecule has 4 heterocycles. The van der Waals surface area contributed by atoms with Crippen LogP contribution in [-0.2, 0) is 23.7 Å². The average Bonchev–Trinajstić information content (AvgIpc) is 3.87. The summed E-state index contributed by atoms with van der Waals surface area (Å²) >= 11 is 0. The van der Waals surface area contributed by atoms with Crippen molar-refractivity contribution in [3.63, 3.8) is 0 Å². The van der Waals surface area contributed by atoms with Gasteiger partial charge in [0.2, 0.25) is 0 Å². The van der Waals surface area contributed by atoms with E-state index in [0.717, 1.165) is 11.1 Å². The smallest absolute Gasteiger partial charge is 0.295 e. The summed E-state index contributed by atoms with van der Waals surface area (Å²) in [5, 5.41) is 28.1. The van der Waals surface area contributed by atoms with Gasteiger partial charge >= 0.3 is 0 Å². The quantitative estimate of drug-likeness (QED) is 0.0300. The van der Waals surface area contributed by atoms with E-state index in [1.165, 1.54) is 35.4 Å². The normalized spacial score (nSPS) is 13.4. The number of piperidine rings is 1. The van der Waals surface area contributed by atoms with E-state index in [0.29, 0.717) is 95.2 Å². The van der Waals surface area contributed by atoms with Crippen LogP contribution in [0, 0.1) is 23.7 Å². The van der Waals surface area contributed by atoms with Crippen LogP contribution < -0.4 is 10.1 Å². The predicted molar refractivity (Wildman–Crippen MR) is 192 cm³/mol. The molecule has 1 aromatic carbocycles. The highest BCUT2D eigenvalue weighted by atomic mass is 16.6. The number of aromatic nitrogens is 5. The van der Waals surface area contributed by atoms with Crippen molar-refractivity contribution in [2.24, 2.45) is 0 Å². The number of pyridine rings is 1. The number of hydrogen-bond donors (Lipinski definition) is 3. The summed E-state index contributed by atoms with van der Waals surface area (Å²) in [5.74, 6) is 1.68. The Balaban J connectivity index is 1.13. The minimum atomic E-state index is -1.19. The van der Waals surface area contributed by atoms with Crippen molar-refractivity contribution in [3.8, 4) is 30.0 Å². The number of nitrogens with one attached hydrogen (secondary N) is 2. The summed E-state index contributed by atoms with van der Waals surface area (Å²) < 4.78 is 28.3. The molecule has 3 aromatic heterocycles. The lowest BCUT2D eigenvalue weighted by molar-refractivity contribution is -0.126. The molecule has 0 aliphatic carbocycles. The molecule has 0 saturated carbocycles. The second-order valence-electron chi connectivity index (χ2n) is 11.7. The molecule has 1 saturated heterocycles. The highest BCUT2D eigenvalue weighted by molar-refractivity contribution is 6.45. The van der Waals surface area contributed by atoms with Crippen LogP contribution in [0.5, 0.6) is 5.75 Å². The number of methoxy groups -OCH3 is 1. The van der Waals surface area contributed by atoms with E-state index in [4.69, 9.17) is 30.1 Å². The number of Topliss-reactive ketones (excluding diaryl/α,β-unsaturated/α-hetero) is 1. The van der Waals surface area contributed by atoms with Gasteiger partial charge < -0.3 is 38.7 Å². The number of hydrogen-bond acceptors (Lipinski definition) is 13. The van der Waals surface area contributed by atoms with E-state index in [1.54, 1.807) is 0 Å². The molecule has 53 heavy (non-hydrogen) atoms. The number of aliphatic hydroxyl groups excluding tert-OH is 1. The standard InChI is InChI=1S/C37H42N8O8/c1-3-14-50-16-18-52-20-21-53-19-17-51-15-11-39-36(47)34-42-25-45(43-34)35-32-31(30(49-2)24-41-35)29(23-40-32)33(46)37(48)44-12-9-27(10-13-44)28(22-38)26-7-5-4-6-8-26/h1,4-8,23-25,36,39-40,47H,9-21H2,2H3. The minimum absolute atomic E-state index is 0.0900. The van der Waals surface area contributed by atoms with E-state index in [-0.39, 0.29) is 29.6 Å². The van der Waals surface area contributed by atoms with Crippen LogP contribution in [0.3, 0.4) is 0 Å². The van der Waals surface area contributed by atoms with Gasteiger partial charge in [-0.3, -0.25) is 14.9 Å². The van der Waals surface area contributed by atoms with Gasteiger partial charge in [0.15, 0.2) is 17.9 Å². The molecule has 0 radical (unpaired) electrons. The van der Waals surface area contributed by atoms with Crippen molar-refractivity contribution in [1.29, 1.82) is 5.26 Å². The Hall–Kier alpha value is -5.46. The van der Waals surface area contributed by atoms with Gasteiger partial charge in [0.1, 0.15) is 18.7 Å². The monoisotopic (exact) mass is 726 g/mol. The molecule has 3 N–H and O–H groups in total. The molecule has 0 bridgehead atoms. The lowest BCUT2D eigenvalue weighted by Crippen LogP contribution is -2.40. The number of allylic oxidation sites excluding steroid dienone is 1. The second-order valence-corrected chi connectivity index (χ2v) is 11.7. The second kappa shape index (κ2) is 20.0. The van der Waals surface area contributed by atoms with E-state index in [2.05, 4.69) is 37.4 Å². The van der Waals surface area contributed by atoms with Gasteiger partial charge in [-0.2, -0.15) is 5.26 Å². The molecular formula is C37H42N8O8. The maximum Gasteiger partial charge on any atom is 0.295 e. The number of rotatable bonds is 20. The number of H-pyrrole nitrogens is 1. The highest BCUT2D eigenvalue weighted by Crippen LogP contribution is 2.33. The third kappa shape index (κ3) is 10.1. The number of aromatic amines is 1. The molecule has 278 valence electrons. The molecule has 16 nitrogen and oxygen atoms in total. The Labute approximate surface area is 306 Å². The predicted octanol–water partition coefficient (Wildman–Crippen LogP) is 2.21. The number of aliphatic hydroxyl groups is 1. The van der Waals surface area contributed by atoms with Crippen LogP contribution in [0.4, 0.5) is 0 Å². The first-order chi connectivity index (χ1) is 26.0. The van der Waals surface area contributed by atoms with E-state index < -0.39 is 17.9 Å². The fourth-order valence-corrected chi connectivity index (χ4v) is 5.71. The number of likely N-dealkylation sites (tertiary alicyclic amines) is 1. The largest absolute Gasteiger partial charge is 0.494 e. The Bertz CT molecular complexity index is 1940. The molecule has 0 spiro atoms. The van der Waals surface area contributed by atoms with Crippen LogP contribution in [0.25, 0.3) is 22.3 Å². The summed E-state index contributed by atoms with van der Waals surface area (Å²) in [4.78, 5) is 40.3. The number of nitrogens with zero attached hydrogens (tertiary/aromatic N) is 6. The third-order valence-corrected chi connectivity index (χ3v) is 8.35. The molecule has 1 atom stereocenters. The van der Waals surface area contributed by atoms with Crippen LogP contribution in [0.2, 0.25) is 0 Å². The lowest BCUT2D eigenvalue weighted by Gasteiger charge is -2.28. The fourth-order valence-electron chi connectivity index (χ4n) is 5.71. The number of carbonyl (C=O) groups is 2. The lowest BCUT2D eigenvalue weighted by atomic mass is 9.93. The maximum atomic E-state index is 13.6. The van der Waals surface area contributed by atoms with Crippen LogP contribution in [0.1, 0.15) is 40.8 Å². The summed E-state index contributed by atoms with van der Waals surface area (Å²) in [6.45, 7) is 4.03. The van der Waals surface area contributed by atoms with Crippen molar-refractivity contribution in [1.82, 2.24) is 34.9 Å². The van der Waals surface area contributed by atoms with Crippen molar-refractivity contribution in [3.05, 3.63) is 71.6 Å². The first kappa shape index (κ1) is 38.8. The molecule has 4 aromatic rings. The highest BCUT2D eigenvalue weighted by Gasteiger charge is 2.30. The van der Waals surface area contributed by atoms with Gasteiger partial charge in [-0.25, -0.2) is 14.6 Å². The first-order valence-electron chi connectivity index (χ1n) is 17.1. The molecule has 1 fully saturated rings. The summed E-state index contributed by atoms with van der Waals surface area (Å²) in [7, 11) is 1.45. The van der Waals surface area contributed by atoms with Gasteiger partial charge in [-0.15, -0.1) is 11.5 Å². The number of fused-ring (bicyclic) bond motifs is 1. The maximum absolute atomic E-state index is 13.6. The van der Waals surface area contributed by atoms with E-state index >= 15 is 0 Å². The molecule has 16 heteroatoms. The van der Waals surface area contributed by atoms with Crippen LogP contribution in [0.15, 0.2) is 54.6 Å². The number of carbonyl (C=O) groups excluding carboxylic acids is 2. The molecule has 1 aliphatic heterocycles. The molecule has 1 unspecified atom stereocenters. The number of terminal acetylenes is 1. The van der Waals surface area contributed by atoms with Gasteiger partial charge in [0, 0.05) is 25.8 Å². The number of ketones is 1. The van der Waals surface area contributed by atoms with E-state index in [1.807, 2.05) is 30.3 Å². The Morgan fingerprint density at radius 2 is 1.70 bits per heavy atom. The van der Waals surface area contributed by atoms with Gasteiger partial charge in [0.05, 0.1) is 87.7 Å². The van der Waals surface area contributed by atoms with Crippen LogP contribution in [-0.4, -0.2) is 126 Å². The summed E-state index contributed by atoms with van der Waals surface area (Å²) in [5.41, 5.74) is 2.91. The topological polar surface area (TPSA) is 199 Å². The summed E-state index contributed by atoms with van der Waals surface area (Å²) in [6, 6.07) is 11.7. The zero-order chi connectivity index (χ0) is 37.4. The number of benzene rings is 1. The van der Waals surface area contributed by atoms with Gasteiger partial charge in [-0.1, -0.05) is 36.3 Å². The first-order valence-corrected chi connectivity index (χ1v) is 17.1. The number of ether oxygens (including phenoxy) is 5. The Kier molecular flexibility index (Phi) is 14.6. The number of nitriles is 1. The molecular weight excluding hydrogens is 684 g/mol. The van der Waals surface area contributed by atoms with Crippen molar-refractivity contribution < 1.29 is 38.4 Å². The zero-order valence-electron chi connectivity index (χ0n) is 29.5. The SMILES string of the molecule is C#CCOCCOCCOCCOCCNC(O)c1ncn(-c2ncc(OC)c3c(C(=O)C(=O)N4CCC(=C(C#N)c5ccccc5)CC4)c[nH]c23)n1. The zero-order valence-corrected chi connectivity index (χ0v) is 29.5. The summed E-state index contributed by atoms with van der Waals surface area (Å²) in [6.07, 6.45) is 9.15. The number of amides is 1. The van der Waals surface area contributed by atoms with Crippen molar-refractivity contribution in [2.45, 2.75) is 19.1 Å². The fraction of sp³-hybridized carbons (Fsp3) is 0.405. The average molecular weight is 727 g/mol. The molecule has 1 amide bonds. The molecule has 1 aliphatic rings. The minimum Gasteiger partial charge on any atom is -0.494 e. The van der Waals surface area contributed by atoms with Crippen molar-refractivity contribution >= 4 is 28.2 Å². The van der Waals surface area contributed by atoms with Gasteiger partial charge in [-0.05, 0) is 24.0 Å². The Morgan fingerprint density at radius 3 is 2.36 bits per heavy atom. The van der Waals surface area contributed by atoms with E-state index in [9.17, 15) is 20.0 Å². The molecule has 5 rings (SSSR count). The third-order valence-electron chi connectivity index (χ3n) is 8.35. The van der Waals surface area contributed by atoms with Crippen molar-refractivity contribution in [2.75, 3.05) is 79.6 Å². The Morgan fingerprint density at radius 1 is 1.02 bits per heavy atom.